The minimum Gasteiger partial charge on any atom is -0.508 e. The fourth-order valence-corrected chi connectivity index (χ4v) is 6.03. The molecular weight excluding hydrogens is 346 g/mol. The Labute approximate surface area is 171 Å². The van der Waals surface area contributed by atoms with E-state index in [9.17, 15) is 10.2 Å². The lowest BCUT2D eigenvalue weighted by Crippen LogP contribution is -2.59. The second-order valence-electron chi connectivity index (χ2n) is 10.5. The van der Waals surface area contributed by atoms with Crippen LogP contribution in [0.2, 0.25) is 0 Å². The first-order valence-corrected chi connectivity index (χ1v) is 11.6. The van der Waals surface area contributed by atoms with Crippen LogP contribution < -0.4 is 0 Å². The Morgan fingerprint density at radius 1 is 1.25 bits per heavy atom. The number of aliphatic hydroxyl groups is 1. The summed E-state index contributed by atoms with van der Waals surface area (Å²) < 4.78 is 0. The molecule has 2 bridgehead atoms. The lowest BCUT2D eigenvalue weighted by molar-refractivity contribution is -0.0132. The van der Waals surface area contributed by atoms with E-state index >= 15 is 0 Å². The van der Waals surface area contributed by atoms with Crippen molar-refractivity contribution in [3.63, 3.8) is 0 Å². The van der Waals surface area contributed by atoms with Crippen LogP contribution in [0.4, 0.5) is 0 Å². The van der Waals surface area contributed by atoms with Gasteiger partial charge in [-0.15, -0.1) is 0 Å². The van der Waals surface area contributed by atoms with Gasteiger partial charge in [0.05, 0.1) is 5.60 Å². The van der Waals surface area contributed by atoms with Gasteiger partial charge in [0.15, 0.2) is 0 Å². The number of phenols is 1. The molecule has 156 valence electrons. The first-order valence-electron chi connectivity index (χ1n) is 11.6. The van der Waals surface area contributed by atoms with Gasteiger partial charge >= 0.3 is 0 Å². The summed E-state index contributed by atoms with van der Waals surface area (Å²) in [6.07, 6.45) is 10.2. The molecule has 1 aromatic rings. The number of phenolic OH excluding ortho intramolecular Hbond substituents is 1. The van der Waals surface area contributed by atoms with Gasteiger partial charge in [0, 0.05) is 12.6 Å². The van der Waals surface area contributed by atoms with Crippen LogP contribution in [-0.4, -0.2) is 39.8 Å². The van der Waals surface area contributed by atoms with Crippen molar-refractivity contribution in [2.75, 3.05) is 13.1 Å². The largest absolute Gasteiger partial charge is 0.508 e. The summed E-state index contributed by atoms with van der Waals surface area (Å²) in [5.41, 5.74) is 2.35. The van der Waals surface area contributed by atoms with Crippen LogP contribution in [0.15, 0.2) is 18.2 Å². The van der Waals surface area contributed by atoms with Gasteiger partial charge in [-0.3, -0.25) is 4.90 Å². The number of nitrogens with zero attached hydrogens (tertiary/aromatic N) is 1. The highest BCUT2D eigenvalue weighted by Gasteiger charge is 2.51. The zero-order valence-corrected chi connectivity index (χ0v) is 18.1. The van der Waals surface area contributed by atoms with Crippen molar-refractivity contribution < 1.29 is 10.2 Å². The van der Waals surface area contributed by atoms with Crippen LogP contribution >= 0.6 is 0 Å². The van der Waals surface area contributed by atoms with Crippen molar-refractivity contribution in [2.45, 2.75) is 95.6 Å². The molecule has 2 aliphatic carbocycles. The maximum absolute atomic E-state index is 10.9. The average molecular weight is 386 g/mol. The third-order valence-electron chi connectivity index (χ3n) is 8.06. The zero-order chi connectivity index (χ0) is 19.9. The maximum atomic E-state index is 10.9. The van der Waals surface area contributed by atoms with Crippen molar-refractivity contribution >= 4 is 0 Å². The van der Waals surface area contributed by atoms with Crippen molar-refractivity contribution in [3.8, 4) is 5.75 Å². The number of piperidine rings is 1. The quantitative estimate of drug-likeness (QED) is 0.660. The van der Waals surface area contributed by atoms with E-state index < -0.39 is 5.60 Å². The minimum atomic E-state index is -0.554. The summed E-state index contributed by atoms with van der Waals surface area (Å²) >= 11 is 0. The Bertz CT molecular complexity index is 696. The van der Waals surface area contributed by atoms with E-state index in [0.717, 1.165) is 50.9 Å². The molecule has 2 N–H and O–H groups in total. The number of hydrogen-bond acceptors (Lipinski definition) is 3. The van der Waals surface area contributed by atoms with E-state index in [1.54, 1.807) is 0 Å². The Hall–Kier alpha value is -1.06. The highest BCUT2D eigenvalue weighted by Crippen LogP contribution is 2.52. The molecule has 2 fully saturated rings. The Morgan fingerprint density at radius 3 is 2.75 bits per heavy atom. The molecule has 28 heavy (non-hydrogen) atoms. The first kappa shape index (κ1) is 20.2. The number of unbranched alkanes of at least 4 members (excludes halogenated alkanes) is 1. The molecule has 1 unspecified atom stereocenters. The fraction of sp³-hybridized carbons (Fsp3) is 0.760. The number of fused-ring (bicyclic) bond motifs is 4. The van der Waals surface area contributed by atoms with Crippen LogP contribution in [0, 0.1) is 11.8 Å². The molecule has 0 amide bonds. The van der Waals surface area contributed by atoms with E-state index in [1.807, 2.05) is 19.1 Å². The summed E-state index contributed by atoms with van der Waals surface area (Å²) in [5, 5.41) is 21.1. The molecule has 3 nitrogen and oxygen atoms in total. The Morgan fingerprint density at radius 2 is 2.04 bits per heavy atom. The van der Waals surface area contributed by atoms with Crippen LogP contribution in [0.1, 0.15) is 83.3 Å². The molecule has 1 saturated heterocycles. The molecule has 3 aliphatic rings. The van der Waals surface area contributed by atoms with E-state index in [-0.39, 0.29) is 5.41 Å². The van der Waals surface area contributed by atoms with Gasteiger partial charge in [-0.05, 0) is 98.9 Å². The van der Waals surface area contributed by atoms with Gasteiger partial charge in [-0.25, -0.2) is 0 Å². The van der Waals surface area contributed by atoms with Crippen LogP contribution in [-0.2, 0) is 11.8 Å². The number of rotatable bonds is 8. The Balaban J connectivity index is 1.60. The average Bonchev–Trinajstić information content (AvgIpc) is 3.46. The van der Waals surface area contributed by atoms with Gasteiger partial charge in [-0.1, -0.05) is 32.8 Å². The van der Waals surface area contributed by atoms with Gasteiger partial charge in [-0.2, -0.15) is 0 Å². The molecule has 4 atom stereocenters. The molecule has 0 radical (unpaired) electrons. The standard InChI is InChI=1S/C25H39NO2/c1-4-5-11-24(2,28)12-10-21-23-15-19-8-9-20(27)16-22(19)25(21,3)13-14-26(23)17-18-6-7-18/h8-9,16,18,21,23,27-28H,4-7,10-15,17H2,1-3H3/t21-,23-,24?,25+/m1/s1. The molecule has 1 aromatic carbocycles. The molecule has 3 heteroatoms. The number of hydrogen-bond donors (Lipinski definition) is 2. The molecule has 4 rings (SSSR count). The number of aromatic hydroxyl groups is 1. The molecule has 1 aliphatic heterocycles. The van der Waals surface area contributed by atoms with Gasteiger partial charge in [0.1, 0.15) is 5.75 Å². The van der Waals surface area contributed by atoms with E-state index in [2.05, 4.69) is 24.8 Å². The maximum Gasteiger partial charge on any atom is 0.115 e. The Kier molecular flexibility index (Phi) is 5.52. The van der Waals surface area contributed by atoms with Gasteiger partial charge in [0.2, 0.25) is 0 Å². The highest BCUT2D eigenvalue weighted by atomic mass is 16.3. The molecule has 0 spiro atoms. The predicted octanol–water partition coefficient (Wildman–Crippen LogP) is 5.03. The number of benzene rings is 1. The smallest absolute Gasteiger partial charge is 0.115 e. The summed E-state index contributed by atoms with van der Waals surface area (Å²) in [6, 6.07) is 6.63. The molecule has 1 saturated carbocycles. The minimum absolute atomic E-state index is 0.109. The highest BCUT2D eigenvalue weighted by molar-refractivity contribution is 5.44. The molecule has 1 heterocycles. The monoisotopic (exact) mass is 385 g/mol. The number of likely N-dealkylation sites (tertiary alicyclic amines) is 1. The normalized spacial score (nSPS) is 32.0. The second-order valence-corrected chi connectivity index (χ2v) is 10.5. The summed E-state index contributed by atoms with van der Waals surface area (Å²) in [5.74, 6) is 1.87. The van der Waals surface area contributed by atoms with Gasteiger partial charge < -0.3 is 10.2 Å². The van der Waals surface area contributed by atoms with E-state index in [1.165, 1.54) is 37.1 Å². The van der Waals surface area contributed by atoms with Crippen molar-refractivity contribution in [1.29, 1.82) is 0 Å². The van der Waals surface area contributed by atoms with E-state index in [4.69, 9.17) is 0 Å². The summed E-state index contributed by atoms with van der Waals surface area (Å²) in [7, 11) is 0. The van der Waals surface area contributed by atoms with Crippen molar-refractivity contribution in [2.24, 2.45) is 11.8 Å². The third kappa shape index (κ3) is 3.98. The first-order chi connectivity index (χ1) is 13.3. The zero-order valence-electron chi connectivity index (χ0n) is 18.1. The third-order valence-corrected chi connectivity index (χ3v) is 8.06. The van der Waals surface area contributed by atoms with Crippen molar-refractivity contribution in [3.05, 3.63) is 29.3 Å². The van der Waals surface area contributed by atoms with Crippen molar-refractivity contribution in [1.82, 2.24) is 4.90 Å². The summed E-state index contributed by atoms with van der Waals surface area (Å²) in [6.45, 7) is 9.09. The van der Waals surface area contributed by atoms with Crippen LogP contribution in [0.25, 0.3) is 0 Å². The van der Waals surface area contributed by atoms with Gasteiger partial charge in [0.25, 0.3) is 0 Å². The summed E-state index contributed by atoms with van der Waals surface area (Å²) in [4.78, 5) is 2.78. The second kappa shape index (κ2) is 7.65. The lowest BCUT2D eigenvalue weighted by atomic mass is 9.56. The van der Waals surface area contributed by atoms with Crippen LogP contribution in [0.3, 0.4) is 0 Å². The molecular formula is C25H39NO2. The lowest BCUT2D eigenvalue weighted by Gasteiger charge is -2.56. The van der Waals surface area contributed by atoms with E-state index in [0.29, 0.717) is 17.7 Å². The topological polar surface area (TPSA) is 43.7 Å². The molecule has 0 aromatic heterocycles. The fourth-order valence-electron chi connectivity index (χ4n) is 6.03. The predicted molar refractivity (Wildman–Crippen MR) is 115 cm³/mol. The SMILES string of the molecule is CCCCC(C)(O)CC[C@@H]1[C@H]2Cc3ccc(O)cc3[C@@]1(C)CCN2CC1CC1. The van der Waals surface area contributed by atoms with Crippen LogP contribution in [0.5, 0.6) is 5.75 Å².